The van der Waals surface area contributed by atoms with Gasteiger partial charge in [0.2, 0.25) is 0 Å². The summed E-state index contributed by atoms with van der Waals surface area (Å²) in [4.78, 5) is 34.9. The first-order valence-corrected chi connectivity index (χ1v) is 12.0. The van der Waals surface area contributed by atoms with Crippen LogP contribution in [0.25, 0.3) is 22.4 Å². The maximum absolute atomic E-state index is 14.0. The van der Waals surface area contributed by atoms with Gasteiger partial charge in [-0.25, -0.2) is 4.98 Å². The van der Waals surface area contributed by atoms with Gasteiger partial charge in [-0.3, -0.25) is 14.5 Å². The van der Waals surface area contributed by atoms with E-state index in [0.717, 1.165) is 31.5 Å². The molecule has 3 heterocycles. The van der Waals surface area contributed by atoms with Gasteiger partial charge in [0.05, 0.1) is 35.4 Å². The van der Waals surface area contributed by atoms with Crippen LogP contribution in [0.2, 0.25) is 0 Å². The van der Waals surface area contributed by atoms with E-state index < -0.39 is 0 Å². The number of amides is 1. The maximum atomic E-state index is 14.0. The van der Waals surface area contributed by atoms with E-state index in [0.29, 0.717) is 47.7 Å². The lowest BCUT2D eigenvalue weighted by atomic mass is 10.0. The lowest BCUT2D eigenvalue weighted by molar-refractivity contribution is -0.143. The summed E-state index contributed by atoms with van der Waals surface area (Å²) in [6, 6.07) is 11.8. The first-order chi connectivity index (χ1) is 16.5. The van der Waals surface area contributed by atoms with Gasteiger partial charge in [0, 0.05) is 24.7 Å². The minimum Gasteiger partial charge on any atom is -0.466 e. The Hall–Kier alpha value is -3.26. The quantitative estimate of drug-likeness (QED) is 0.441. The lowest BCUT2D eigenvalue weighted by Crippen LogP contribution is -2.44. The molecule has 34 heavy (non-hydrogen) atoms. The van der Waals surface area contributed by atoms with Crippen LogP contribution in [0.1, 0.15) is 49.2 Å². The van der Waals surface area contributed by atoms with Crippen molar-refractivity contribution < 1.29 is 18.8 Å². The second kappa shape index (κ2) is 10.8. The number of hydrogen-bond donors (Lipinski definition) is 0. The Morgan fingerprint density at radius 2 is 2.03 bits per heavy atom. The van der Waals surface area contributed by atoms with Crippen molar-refractivity contribution in [3.05, 3.63) is 47.7 Å². The highest BCUT2D eigenvalue weighted by molar-refractivity contribution is 6.07. The van der Waals surface area contributed by atoms with Crippen molar-refractivity contribution in [2.24, 2.45) is 0 Å². The Bertz CT molecular complexity index is 1140. The van der Waals surface area contributed by atoms with Gasteiger partial charge in [0.1, 0.15) is 0 Å². The first-order valence-electron chi connectivity index (χ1n) is 12.0. The van der Waals surface area contributed by atoms with Crippen molar-refractivity contribution >= 4 is 23.0 Å². The molecule has 3 aromatic rings. The molecular formula is C26H32N4O4. The molecule has 180 valence electrons. The Morgan fingerprint density at radius 1 is 1.24 bits per heavy atom. The van der Waals surface area contributed by atoms with Gasteiger partial charge in [0.25, 0.3) is 11.6 Å². The minimum absolute atomic E-state index is 0.150. The molecule has 0 saturated carbocycles. The Kier molecular flexibility index (Phi) is 7.57. The van der Waals surface area contributed by atoms with E-state index in [-0.39, 0.29) is 24.3 Å². The predicted octanol–water partition coefficient (Wildman–Crippen LogP) is 4.08. The van der Waals surface area contributed by atoms with Crippen LogP contribution in [-0.4, -0.2) is 70.6 Å². The second-order valence-corrected chi connectivity index (χ2v) is 8.60. The Labute approximate surface area is 199 Å². The molecule has 1 aliphatic heterocycles. The zero-order chi connectivity index (χ0) is 24.1. The number of aryl methyl sites for hydroxylation is 1. The van der Waals surface area contributed by atoms with Crippen molar-refractivity contribution in [1.82, 2.24) is 19.9 Å². The number of likely N-dealkylation sites (N-methyl/N-ethyl adjacent to an activating group) is 1. The number of likely N-dealkylation sites (tertiary alicyclic amines) is 1. The van der Waals surface area contributed by atoms with E-state index in [1.165, 1.54) is 0 Å². The summed E-state index contributed by atoms with van der Waals surface area (Å²) >= 11 is 0. The van der Waals surface area contributed by atoms with Crippen LogP contribution in [0.3, 0.4) is 0 Å². The number of nitrogens with zero attached hydrogens (tertiary/aromatic N) is 4. The largest absolute Gasteiger partial charge is 0.466 e. The van der Waals surface area contributed by atoms with Gasteiger partial charge in [-0.15, -0.1) is 0 Å². The zero-order valence-electron chi connectivity index (χ0n) is 20.1. The molecule has 0 spiro atoms. The van der Waals surface area contributed by atoms with E-state index in [4.69, 9.17) is 9.26 Å². The van der Waals surface area contributed by atoms with Gasteiger partial charge in [0.15, 0.2) is 0 Å². The number of esters is 1. The highest BCUT2D eigenvalue weighted by Gasteiger charge is 2.30. The second-order valence-electron chi connectivity index (χ2n) is 8.60. The third-order valence-electron chi connectivity index (χ3n) is 6.43. The fourth-order valence-electron chi connectivity index (χ4n) is 4.70. The maximum Gasteiger partial charge on any atom is 0.307 e. The summed E-state index contributed by atoms with van der Waals surface area (Å²) in [7, 11) is 0. The van der Waals surface area contributed by atoms with Crippen LogP contribution >= 0.6 is 0 Å². The van der Waals surface area contributed by atoms with Crippen molar-refractivity contribution in [2.45, 2.75) is 46.1 Å². The number of fused-ring (bicyclic) bond motifs is 1. The molecule has 0 radical (unpaired) electrons. The van der Waals surface area contributed by atoms with E-state index in [1.807, 2.05) is 43.3 Å². The number of carbonyl (C=O) groups excluding carboxylic acids is 2. The minimum atomic E-state index is -0.301. The standard InChI is InChI=1S/C26H32N4O4/c1-4-29-14-9-12-20(29)17-30(15-13-23(31)33-5-2)26(32)21-16-22(19-10-7-6-8-11-19)27-25-24(21)18(3)28-34-25/h6-8,10-11,16,20H,4-5,9,12-15,17H2,1-3H3. The number of aromatic nitrogens is 2. The normalized spacial score (nSPS) is 16.1. The van der Waals surface area contributed by atoms with Crippen LogP contribution in [-0.2, 0) is 9.53 Å². The first kappa shape index (κ1) is 23.9. The molecule has 0 aliphatic carbocycles. The molecule has 1 aromatic carbocycles. The number of ether oxygens (including phenoxy) is 1. The molecule has 1 saturated heterocycles. The number of rotatable bonds is 9. The van der Waals surface area contributed by atoms with Gasteiger partial charge < -0.3 is 14.2 Å². The molecular weight excluding hydrogens is 432 g/mol. The Balaban J connectivity index is 1.71. The molecule has 4 rings (SSSR count). The van der Waals surface area contributed by atoms with Gasteiger partial charge in [-0.1, -0.05) is 42.4 Å². The molecule has 8 heteroatoms. The number of pyridine rings is 1. The average molecular weight is 465 g/mol. The van der Waals surface area contributed by atoms with Crippen LogP contribution in [0.5, 0.6) is 0 Å². The lowest BCUT2D eigenvalue weighted by Gasteiger charge is -2.30. The zero-order valence-corrected chi connectivity index (χ0v) is 20.1. The molecule has 8 nitrogen and oxygen atoms in total. The van der Waals surface area contributed by atoms with Crippen molar-refractivity contribution in [1.29, 1.82) is 0 Å². The summed E-state index contributed by atoms with van der Waals surface area (Å²) < 4.78 is 10.6. The van der Waals surface area contributed by atoms with Crippen molar-refractivity contribution in [2.75, 3.05) is 32.8 Å². The fraction of sp³-hybridized carbons (Fsp3) is 0.462. The predicted molar refractivity (Wildman–Crippen MR) is 129 cm³/mol. The van der Waals surface area contributed by atoms with Crippen LogP contribution in [0.4, 0.5) is 0 Å². The summed E-state index contributed by atoms with van der Waals surface area (Å²) in [5.74, 6) is -0.451. The van der Waals surface area contributed by atoms with Gasteiger partial charge in [-0.2, -0.15) is 0 Å². The average Bonchev–Trinajstić information content (AvgIpc) is 3.47. The van der Waals surface area contributed by atoms with Gasteiger partial charge >= 0.3 is 5.97 Å². The molecule has 1 amide bonds. The monoisotopic (exact) mass is 464 g/mol. The number of hydrogen-bond acceptors (Lipinski definition) is 7. The van der Waals surface area contributed by atoms with Crippen LogP contribution in [0, 0.1) is 6.92 Å². The molecule has 1 fully saturated rings. The molecule has 1 atom stereocenters. The SMILES string of the molecule is CCOC(=O)CCN(CC1CCCN1CC)C(=O)c1cc(-c2ccccc2)nc2onc(C)c12. The summed E-state index contributed by atoms with van der Waals surface area (Å²) in [6.45, 7) is 8.88. The third-order valence-corrected chi connectivity index (χ3v) is 6.43. The topological polar surface area (TPSA) is 88.8 Å². The summed E-state index contributed by atoms with van der Waals surface area (Å²) in [5.41, 5.74) is 2.98. The molecule has 0 N–H and O–H groups in total. The summed E-state index contributed by atoms with van der Waals surface area (Å²) in [5, 5.41) is 4.68. The fourth-order valence-corrected chi connectivity index (χ4v) is 4.70. The van der Waals surface area contributed by atoms with Gasteiger partial charge in [-0.05, 0) is 45.8 Å². The third kappa shape index (κ3) is 5.12. The Morgan fingerprint density at radius 3 is 2.76 bits per heavy atom. The summed E-state index contributed by atoms with van der Waals surface area (Å²) in [6.07, 6.45) is 2.30. The van der Waals surface area contributed by atoms with Crippen molar-refractivity contribution in [3.8, 4) is 11.3 Å². The number of carbonyl (C=O) groups is 2. The van der Waals surface area contributed by atoms with E-state index in [9.17, 15) is 9.59 Å². The molecule has 1 aliphatic rings. The van der Waals surface area contributed by atoms with E-state index in [1.54, 1.807) is 11.8 Å². The highest BCUT2D eigenvalue weighted by atomic mass is 16.5. The smallest absolute Gasteiger partial charge is 0.307 e. The van der Waals surface area contributed by atoms with Crippen LogP contribution in [0.15, 0.2) is 40.9 Å². The van der Waals surface area contributed by atoms with Crippen LogP contribution < -0.4 is 0 Å². The molecule has 1 unspecified atom stereocenters. The van der Waals surface area contributed by atoms with Crippen molar-refractivity contribution in [3.63, 3.8) is 0 Å². The highest BCUT2D eigenvalue weighted by Crippen LogP contribution is 2.28. The molecule has 2 aromatic heterocycles. The van der Waals surface area contributed by atoms with E-state index in [2.05, 4.69) is 22.0 Å². The molecule has 0 bridgehead atoms. The van der Waals surface area contributed by atoms with E-state index >= 15 is 0 Å². The number of benzene rings is 1.